The molecule has 0 spiro atoms. The van der Waals surface area contributed by atoms with Crippen molar-refractivity contribution in [1.29, 1.82) is 0 Å². The predicted molar refractivity (Wildman–Crippen MR) is 87.5 cm³/mol. The van der Waals surface area contributed by atoms with E-state index in [1.54, 1.807) is 11.1 Å². The van der Waals surface area contributed by atoms with Gasteiger partial charge in [-0.3, -0.25) is 4.90 Å². The van der Waals surface area contributed by atoms with Gasteiger partial charge in [0.1, 0.15) is 0 Å². The minimum Gasteiger partial charge on any atom is -0.311 e. The second kappa shape index (κ2) is 5.10. The summed E-state index contributed by atoms with van der Waals surface area (Å²) < 4.78 is 0. The number of fused-ring (bicyclic) bond motifs is 1. The molecule has 1 saturated heterocycles. The maximum atomic E-state index is 3.71. The summed E-state index contributed by atoms with van der Waals surface area (Å²) in [5.74, 6) is 0.909. The topological polar surface area (TPSA) is 15.3 Å². The van der Waals surface area contributed by atoms with Gasteiger partial charge in [-0.05, 0) is 68.6 Å². The van der Waals surface area contributed by atoms with Gasteiger partial charge in [-0.1, -0.05) is 18.2 Å². The molecule has 1 aliphatic heterocycles. The third kappa shape index (κ3) is 2.53. The van der Waals surface area contributed by atoms with Gasteiger partial charge >= 0.3 is 0 Å². The molecule has 21 heavy (non-hydrogen) atoms. The molecule has 4 rings (SSSR count). The Balaban J connectivity index is 1.56. The van der Waals surface area contributed by atoms with Crippen LogP contribution in [0.25, 0.3) is 0 Å². The first-order valence-electron chi connectivity index (χ1n) is 8.74. The molecule has 2 aliphatic carbocycles. The molecule has 0 radical (unpaired) electrons. The first kappa shape index (κ1) is 13.8. The molecule has 1 saturated carbocycles. The highest BCUT2D eigenvalue weighted by atomic mass is 15.3. The standard InChI is InChI=1S/C19H28N2/c1-14-11-21(19(2,13-20-14)18-8-9-18)12-15-6-7-16-4-3-5-17(16)10-15/h6-7,10,14,18,20H,3-5,8-9,11-13H2,1-2H3. The van der Waals surface area contributed by atoms with Crippen molar-refractivity contribution in [2.45, 2.75) is 64.1 Å². The molecule has 1 aromatic rings. The highest BCUT2D eigenvalue weighted by Crippen LogP contribution is 2.44. The molecule has 0 aromatic heterocycles. The Morgan fingerprint density at radius 3 is 2.86 bits per heavy atom. The van der Waals surface area contributed by atoms with Crippen molar-refractivity contribution in [3.05, 3.63) is 34.9 Å². The van der Waals surface area contributed by atoms with Gasteiger partial charge in [0.05, 0.1) is 0 Å². The van der Waals surface area contributed by atoms with E-state index < -0.39 is 0 Å². The third-order valence-corrected chi connectivity index (χ3v) is 6.02. The summed E-state index contributed by atoms with van der Waals surface area (Å²) in [4.78, 5) is 2.77. The monoisotopic (exact) mass is 284 g/mol. The van der Waals surface area contributed by atoms with Crippen LogP contribution in [0.4, 0.5) is 0 Å². The highest BCUT2D eigenvalue weighted by Gasteiger charge is 2.47. The van der Waals surface area contributed by atoms with Crippen LogP contribution in [-0.2, 0) is 19.4 Å². The van der Waals surface area contributed by atoms with Crippen molar-refractivity contribution in [3.8, 4) is 0 Å². The lowest BCUT2D eigenvalue weighted by atomic mass is 9.89. The Labute approximate surface area is 128 Å². The van der Waals surface area contributed by atoms with Crippen LogP contribution in [0.2, 0.25) is 0 Å². The number of piperazine rings is 1. The predicted octanol–water partition coefficient (Wildman–Crippen LogP) is 3.14. The number of benzene rings is 1. The highest BCUT2D eigenvalue weighted by molar-refractivity contribution is 5.35. The zero-order chi connectivity index (χ0) is 14.4. The molecule has 2 fully saturated rings. The van der Waals surface area contributed by atoms with Gasteiger partial charge in [-0.15, -0.1) is 0 Å². The number of nitrogens with zero attached hydrogens (tertiary/aromatic N) is 1. The van der Waals surface area contributed by atoms with Gasteiger partial charge in [0.2, 0.25) is 0 Å². The van der Waals surface area contributed by atoms with Crippen LogP contribution in [0.1, 0.15) is 49.8 Å². The molecule has 2 heteroatoms. The van der Waals surface area contributed by atoms with E-state index in [1.807, 2.05) is 0 Å². The number of hydrogen-bond donors (Lipinski definition) is 1. The molecule has 1 heterocycles. The van der Waals surface area contributed by atoms with Gasteiger partial charge in [-0.2, -0.15) is 0 Å². The fourth-order valence-corrected chi connectivity index (χ4v) is 4.39. The lowest BCUT2D eigenvalue weighted by molar-refractivity contribution is 0.0312. The second-order valence-electron chi connectivity index (χ2n) is 7.75. The lowest BCUT2D eigenvalue weighted by Crippen LogP contribution is -2.63. The Hall–Kier alpha value is -0.860. The van der Waals surface area contributed by atoms with Crippen molar-refractivity contribution < 1.29 is 0 Å². The van der Waals surface area contributed by atoms with E-state index in [0.29, 0.717) is 11.6 Å². The number of aryl methyl sites for hydroxylation is 2. The molecule has 0 amide bonds. The first-order chi connectivity index (χ1) is 10.1. The van der Waals surface area contributed by atoms with E-state index >= 15 is 0 Å². The minimum absolute atomic E-state index is 0.367. The third-order valence-electron chi connectivity index (χ3n) is 6.02. The van der Waals surface area contributed by atoms with Gasteiger partial charge in [0, 0.05) is 31.2 Å². The maximum Gasteiger partial charge on any atom is 0.0338 e. The summed E-state index contributed by atoms with van der Waals surface area (Å²) in [7, 11) is 0. The summed E-state index contributed by atoms with van der Waals surface area (Å²) in [5, 5.41) is 3.71. The smallest absolute Gasteiger partial charge is 0.0338 e. The average molecular weight is 284 g/mol. The zero-order valence-electron chi connectivity index (χ0n) is 13.5. The summed E-state index contributed by atoms with van der Waals surface area (Å²) in [6, 6.07) is 7.87. The average Bonchev–Trinajstić information content (AvgIpc) is 3.23. The van der Waals surface area contributed by atoms with E-state index in [4.69, 9.17) is 0 Å². The van der Waals surface area contributed by atoms with Gasteiger partial charge < -0.3 is 5.32 Å². The normalized spacial score (nSPS) is 33.1. The molecule has 2 nitrogen and oxygen atoms in total. The number of hydrogen-bond acceptors (Lipinski definition) is 2. The van der Waals surface area contributed by atoms with E-state index in [-0.39, 0.29) is 0 Å². The largest absolute Gasteiger partial charge is 0.311 e. The van der Waals surface area contributed by atoms with Gasteiger partial charge in [0.25, 0.3) is 0 Å². The van der Waals surface area contributed by atoms with Crippen LogP contribution in [0, 0.1) is 5.92 Å². The minimum atomic E-state index is 0.367. The SMILES string of the molecule is CC1CN(Cc2ccc3c(c2)CCC3)C(C)(C2CC2)CN1. The molecular formula is C19H28N2. The van der Waals surface area contributed by atoms with Gasteiger partial charge in [0.15, 0.2) is 0 Å². The molecule has 0 bridgehead atoms. The molecule has 114 valence electrons. The van der Waals surface area contributed by atoms with E-state index in [1.165, 1.54) is 44.2 Å². The van der Waals surface area contributed by atoms with Crippen molar-refractivity contribution in [2.75, 3.05) is 13.1 Å². The van der Waals surface area contributed by atoms with Gasteiger partial charge in [-0.25, -0.2) is 0 Å². The van der Waals surface area contributed by atoms with E-state index in [0.717, 1.165) is 19.0 Å². The van der Waals surface area contributed by atoms with E-state index in [9.17, 15) is 0 Å². The summed E-state index contributed by atoms with van der Waals surface area (Å²) in [6.07, 6.45) is 6.78. The van der Waals surface area contributed by atoms with Crippen LogP contribution in [-0.4, -0.2) is 29.6 Å². The van der Waals surface area contributed by atoms with Crippen molar-refractivity contribution in [2.24, 2.45) is 5.92 Å². The fourth-order valence-electron chi connectivity index (χ4n) is 4.39. The van der Waals surface area contributed by atoms with Crippen LogP contribution in [0.3, 0.4) is 0 Å². The van der Waals surface area contributed by atoms with Crippen molar-refractivity contribution >= 4 is 0 Å². The molecule has 2 unspecified atom stereocenters. The molecule has 1 aromatic carbocycles. The molecular weight excluding hydrogens is 256 g/mol. The fraction of sp³-hybridized carbons (Fsp3) is 0.684. The van der Waals surface area contributed by atoms with Crippen molar-refractivity contribution in [3.63, 3.8) is 0 Å². The second-order valence-corrected chi connectivity index (χ2v) is 7.75. The zero-order valence-corrected chi connectivity index (χ0v) is 13.5. The van der Waals surface area contributed by atoms with Crippen LogP contribution in [0.5, 0.6) is 0 Å². The van der Waals surface area contributed by atoms with Crippen molar-refractivity contribution in [1.82, 2.24) is 10.2 Å². The molecule has 3 aliphatic rings. The van der Waals surface area contributed by atoms with Crippen LogP contribution in [0.15, 0.2) is 18.2 Å². The summed E-state index contributed by atoms with van der Waals surface area (Å²) in [5.41, 5.74) is 5.10. The Morgan fingerprint density at radius 1 is 1.24 bits per heavy atom. The Morgan fingerprint density at radius 2 is 2.05 bits per heavy atom. The number of rotatable bonds is 3. The summed E-state index contributed by atoms with van der Waals surface area (Å²) in [6.45, 7) is 8.28. The Bertz CT molecular complexity index is 534. The van der Waals surface area contributed by atoms with Crippen LogP contribution >= 0.6 is 0 Å². The lowest BCUT2D eigenvalue weighted by Gasteiger charge is -2.48. The quantitative estimate of drug-likeness (QED) is 0.917. The molecule has 2 atom stereocenters. The number of nitrogens with one attached hydrogen (secondary N) is 1. The first-order valence-corrected chi connectivity index (χ1v) is 8.74. The maximum absolute atomic E-state index is 3.71. The molecule has 1 N–H and O–H groups in total. The summed E-state index contributed by atoms with van der Waals surface area (Å²) >= 11 is 0. The Kier molecular flexibility index (Phi) is 3.35. The van der Waals surface area contributed by atoms with E-state index in [2.05, 4.69) is 42.3 Å². The van der Waals surface area contributed by atoms with Crippen LogP contribution < -0.4 is 5.32 Å².